The Labute approximate surface area is 131 Å². The molecule has 1 fully saturated rings. The normalized spacial score (nSPS) is 31.5. The zero-order valence-corrected chi connectivity index (χ0v) is 13.0. The lowest BCUT2D eigenvalue weighted by molar-refractivity contribution is -0.129. The van der Waals surface area contributed by atoms with Gasteiger partial charge in [-0.3, -0.25) is 4.79 Å². The number of phenolic OH excluding ortho intramolecular Hbond substituents is 1. The Morgan fingerprint density at radius 1 is 1.32 bits per heavy atom. The van der Waals surface area contributed by atoms with Crippen LogP contribution in [-0.2, 0) is 17.6 Å². The van der Waals surface area contributed by atoms with Crippen molar-refractivity contribution in [3.05, 3.63) is 23.3 Å². The van der Waals surface area contributed by atoms with E-state index >= 15 is 0 Å². The Balaban J connectivity index is 1.87. The standard InChI is InChI=1S/C18H23NO3/c1-19-8-2-3-13-11-4-7-16(21)18(13)22-17-10-12(14(19)9-11)5-6-15(17)20/h4,7,12,14,17,21H,2-3,5-6,8-10H2,1H3/t12-,14-,17-/m1/s1. The number of rotatable bonds is 0. The Bertz CT molecular complexity index is 613. The van der Waals surface area contributed by atoms with Crippen LogP contribution in [0.2, 0.25) is 0 Å². The van der Waals surface area contributed by atoms with E-state index in [1.165, 1.54) is 5.56 Å². The van der Waals surface area contributed by atoms with E-state index in [4.69, 9.17) is 4.74 Å². The number of phenols is 1. The summed E-state index contributed by atoms with van der Waals surface area (Å²) in [5, 5.41) is 10.3. The average Bonchev–Trinajstić information content (AvgIpc) is 2.50. The molecule has 4 heteroatoms. The van der Waals surface area contributed by atoms with Gasteiger partial charge in [-0.05, 0) is 63.2 Å². The summed E-state index contributed by atoms with van der Waals surface area (Å²) >= 11 is 0. The van der Waals surface area contributed by atoms with Crippen molar-refractivity contribution < 1.29 is 14.6 Å². The first-order chi connectivity index (χ1) is 10.6. The largest absolute Gasteiger partial charge is 0.504 e. The number of ketones is 1. The summed E-state index contributed by atoms with van der Waals surface area (Å²) in [5.41, 5.74) is 2.41. The van der Waals surface area contributed by atoms with Crippen molar-refractivity contribution in [1.82, 2.24) is 4.90 Å². The minimum Gasteiger partial charge on any atom is -0.504 e. The highest BCUT2D eigenvalue weighted by Crippen LogP contribution is 2.41. The van der Waals surface area contributed by atoms with Crippen molar-refractivity contribution in [2.24, 2.45) is 5.92 Å². The molecule has 0 spiro atoms. The van der Waals surface area contributed by atoms with Crippen LogP contribution in [0.1, 0.15) is 36.8 Å². The number of likely N-dealkylation sites (N-methyl/N-ethyl adjacent to an activating group) is 1. The predicted octanol–water partition coefficient (Wildman–Crippen LogP) is 2.31. The second-order valence-electron chi connectivity index (χ2n) is 7.01. The molecule has 0 saturated heterocycles. The molecule has 0 amide bonds. The molecule has 1 N–H and O–H groups in total. The van der Waals surface area contributed by atoms with Crippen LogP contribution >= 0.6 is 0 Å². The zero-order valence-electron chi connectivity index (χ0n) is 13.0. The van der Waals surface area contributed by atoms with Crippen LogP contribution in [0.5, 0.6) is 11.5 Å². The maximum absolute atomic E-state index is 12.3. The molecule has 0 radical (unpaired) electrons. The predicted molar refractivity (Wildman–Crippen MR) is 83.3 cm³/mol. The molecule has 2 aliphatic heterocycles. The fourth-order valence-corrected chi connectivity index (χ4v) is 4.45. The Hall–Kier alpha value is -1.55. The van der Waals surface area contributed by atoms with Gasteiger partial charge in [0, 0.05) is 18.0 Å². The number of ether oxygens (including phenoxy) is 1. The van der Waals surface area contributed by atoms with Gasteiger partial charge in [0.25, 0.3) is 0 Å². The summed E-state index contributed by atoms with van der Waals surface area (Å²) in [5.74, 6) is 1.44. The molecule has 22 heavy (non-hydrogen) atoms. The number of benzene rings is 1. The highest BCUT2D eigenvalue weighted by molar-refractivity contribution is 5.84. The summed E-state index contributed by atoms with van der Waals surface area (Å²) in [6, 6.07) is 4.24. The first-order valence-corrected chi connectivity index (χ1v) is 8.37. The van der Waals surface area contributed by atoms with E-state index in [1.54, 1.807) is 6.07 Å². The second-order valence-corrected chi connectivity index (χ2v) is 7.01. The highest BCUT2D eigenvalue weighted by atomic mass is 16.5. The third-order valence-electron chi connectivity index (χ3n) is 5.71. The lowest BCUT2D eigenvalue weighted by atomic mass is 9.78. The molecule has 3 aliphatic rings. The van der Waals surface area contributed by atoms with Gasteiger partial charge in [0.05, 0.1) is 0 Å². The van der Waals surface area contributed by atoms with Gasteiger partial charge in [-0.2, -0.15) is 0 Å². The molecule has 1 aromatic rings. The number of carbonyl (C=O) groups excluding carboxylic acids is 1. The van der Waals surface area contributed by atoms with Gasteiger partial charge in [-0.1, -0.05) is 6.07 Å². The maximum Gasteiger partial charge on any atom is 0.173 e. The van der Waals surface area contributed by atoms with Crippen molar-refractivity contribution in [1.29, 1.82) is 0 Å². The third-order valence-corrected chi connectivity index (χ3v) is 5.71. The first-order valence-electron chi connectivity index (χ1n) is 8.37. The monoisotopic (exact) mass is 301 g/mol. The molecule has 4 rings (SSSR count). The van der Waals surface area contributed by atoms with E-state index in [9.17, 15) is 9.90 Å². The van der Waals surface area contributed by atoms with Crippen LogP contribution in [0.25, 0.3) is 0 Å². The summed E-state index contributed by atoms with van der Waals surface area (Å²) in [6.07, 6.45) is 4.92. The molecular weight excluding hydrogens is 278 g/mol. The van der Waals surface area contributed by atoms with Crippen LogP contribution < -0.4 is 4.74 Å². The van der Waals surface area contributed by atoms with Crippen molar-refractivity contribution in [2.75, 3.05) is 13.6 Å². The Morgan fingerprint density at radius 3 is 3.05 bits per heavy atom. The number of carbonyl (C=O) groups is 1. The molecule has 4 nitrogen and oxygen atoms in total. The van der Waals surface area contributed by atoms with Crippen molar-refractivity contribution in [3.8, 4) is 11.5 Å². The molecule has 6 bridgehead atoms. The molecule has 3 atom stereocenters. The molecule has 0 aromatic heterocycles. The van der Waals surface area contributed by atoms with Gasteiger partial charge < -0.3 is 14.7 Å². The van der Waals surface area contributed by atoms with Crippen LogP contribution in [-0.4, -0.2) is 41.5 Å². The van der Waals surface area contributed by atoms with Gasteiger partial charge in [0.1, 0.15) is 0 Å². The number of Topliss-reactive ketones (excluding diaryl/α,β-unsaturated/α-hetero) is 1. The quantitative estimate of drug-likeness (QED) is 0.799. The fourth-order valence-electron chi connectivity index (χ4n) is 4.45. The molecule has 1 saturated carbocycles. The molecule has 118 valence electrons. The minimum atomic E-state index is -0.384. The van der Waals surface area contributed by atoms with E-state index in [2.05, 4.69) is 11.9 Å². The lowest BCUT2D eigenvalue weighted by Gasteiger charge is -2.38. The van der Waals surface area contributed by atoms with Crippen molar-refractivity contribution >= 4 is 5.78 Å². The van der Waals surface area contributed by atoms with Gasteiger partial charge in [-0.25, -0.2) is 0 Å². The Kier molecular flexibility index (Phi) is 3.37. The highest BCUT2D eigenvalue weighted by Gasteiger charge is 2.39. The molecule has 1 aromatic carbocycles. The van der Waals surface area contributed by atoms with Crippen LogP contribution in [0.4, 0.5) is 0 Å². The van der Waals surface area contributed by atoms with Crippen LogP contribution in [0, 0.1) is 5.92 Å². The fraction of sp³-hybridized carbons (Fsp3) is 0.611. The first kappa shape index (κ1) is 14.1. The van der Waals surface area contributed by atoms with E-state index in [1.807, 2.05) is 6.07 Å². The topological polar surface area (TPSA) is 49.8 Å². The van der Waals surface area contributed by atoms with Gasteiger partial charge in [0.15, 0.2) is 23.4 Å². The third kappa shape index (κ3) is 2.21. The molecular formula is C18H23NO3. The van der Waals surface area contributed by atoms with Crippen LogP contribution in [0.15, 0.2) is 12.1 Å². The molecule has 0 unspecified atom stereocenters. The van der Waals surface area contributed by atoms with Gasteiger partial charge in [-0.15, -0.1) is 0 Å². The maximum atomic E-state index is 12.3. The van der Waals surface area contributed by atoms with Crippen molar-refractivity contribution in [3.63, 3.8) is 0 Å². The number of nitrogens with zero attached hydrogens (tertiary/aromatic N) is 1. The lowest BCUT2D eigenvalue weighted by Crippen LogP contribution is -2.45. The number of hydrogen-bond acceptors (Lipinski definition) is 4. The van der Waals surface area contributed by atoms with Crippen LogP contribution in [0.3, 0.4) is 0 Å². The number of aromatic hydroxyl groups is 1. The summed E-state index contributed by atoms with van der Waals surface area (Å²) < 4.78 is 6.07. The Morgan fingerprint density at radius 2 is 2.18 bits per heavy atom. The van der Waals surface area contributed by atoms with E-state index in [0.717, 1.165) is 44.2 Å². The van der Waals surface area contributed by atoms with Gasteiger partial charge >= 0.3 is 0 Å². The molecule has 2 heterocycles. The number of hydrogen-bond donors (Lipinski definition) is 1. The van der Waals surface area contributed by atoms with Crippen molar-refractivity contribution in [2.45, 2.75) is 50.7 Å². The van der Waals surface area contributed by atoms with E-state index in [-0.39, 0.29) is 17.6 Å². The minimum absolute atomic E-state index is 0.182. The average molecular weight is 301 g/mol. The van der Waals surface area contributed by atoms with E-state index < -0.39 is 0 Å². The SMILES string of the molecule is CN1CCCc2c3ccc(O)c2O[C@@H]2C[C@@H](CCC2=O)[C@H]1C3. The summed E-state index contributed by atoms with van der Waals surface area (Å²) in [4.78, 5) is 14.7. The van der Waals surface area contributed by atoms with Gasteiger partial charge in [0.2, 0.25) is 0 Å². The number of fused-ring (bicyclic) bond motifs is 4. The smallest absolute Gasteiger partial charge is 0.173 e. The second kappa shape index (κ2) is 5.27. The summed E-state index contributed by atoms with van der Waals surface area (Å²) in [7, 11) is 2.21. The zero-order chi connectivity index (χ0) is 15.3. The summed E-state index contributed by atoms with van der Waals surface area (Å²) in [6.45, 7) is 1.06. The molecule has 1 aliphatic carbocycles. The van der Waals surface area contributed by atoms with E-state index in [0.29, 0.717) is 24.1 Å².